The summed E-state index contributed by atoms with van der Waals surface area (Å²) in [5, 5.41) is 29.1. The molecule has 10 heterocycles. The van der Waals surface area contributed by atoms with E-state index in [0.717, 1.165) is 56.7 Å². The predicted molar refractivity (Wildman–Crippen MR) is 265 cm³/mol. The highest BCUT2D eigenvalue weighted by Gasteiger charge is 2.38. The highest BCUT2D eigenvalue weighted by atomic mass is 35.5. The van der Waals surface area contributed by atoms with E-state index >= 15 is 0 Å². The van der Waals surface area contributed by atoms with E-state index in [1.807, 2.05) is 43.1 Å². The van der Waals surface area contributed by atoms with Crippen molar-refractivity contribution in [3.05, 3.63) is 102 Å². The van der Waals surface area contributed by atoms with E-state index in [0.29, 0.717) is 46.1 Å². The van der Waals surface area contributed by atoms with Crippen LogP contribution in [0.4, 0.5) is 17.7 Å². The number of rotatable bonds is 6. The first-order valence-electron chi connectivity index (χ1n) is 23.4. The molecule has 5 N–H and O–H groups in total. The number of aliphatic hydroxyl groups is 2. The van der Waals surface area contributed by atoms with Crippen LogP contribution in [0.1, 0.15) is 100 Å². The summed E-state index contributed by atoms with van der Waals surface area (Å²) < 4.78 is 50.6. The molecule has 0 amide bonds. The maximum Gasteiger partial charge on any atom is 0.230 e. The van der Waals surface area contributed by atoms with Crippen molar-refractivity contribution in [1.82, 2.24) is 49.0 Å². The van der Waals surface area contributed by atoms with Gasteiger partial charge in [0.15, 0.2) is 19.7 Å². The van der Waals surface area contributed by atoms with E-state index in [1.165, 1.54) is 44.7 Å². The zero-order valence-electron chi connectivity index (χ0n) is 37.8. The van der Waals surface area contributed by atoms with Crippen molar-refractivity contribution in [3.63, 3.8) is 0 Å². The summed E-state index contributed by atoms with van der Waals surface area (Å²) in [6.45, 7) is 0. The Morgan fingerprint density at radius 3 is 1.54 bits per heavy atom. The third kappa shape index (κ3) is 9.69. The average Bonchev–Trinajstić information content (AvgIpc) is 4.18. The maximum absolute atomic E-state index is 11.7. The molecule has 0 unspecified atom stereocenters. The zero-order valence-corrected chi connectivity index (χ0v) is 40.2. The minimum atomic E-state index is -3.06. The fourth-order valence-electron chi connectivity index (χ4n) is 10.3. The minimum Gasteiger partial charge on any atom is -0.385 e. The SMILES string of the molecule is Nc1ncc2c3ccncc3n(C3CCCC3)c2n1.O=S1(=O)CCC(O)(c2ccc(Cl)nc2)CC1.O=S1(=O)CCC(O)(c2ccc(Nc3ncc4c5ccncc5n(C5CCCC5)c4n3)nc2)CC1. The average molecular weight is 994 g/mol. The van der Waals surface area contributed by atoms with Gasteiger partial charge in [0, 0.05) is 81.9 Å². The topological polar surface area (TPSA) is 260 Å². The Hall–Kier alpha value is -5.93. The Bertz CT molecular complexity index is 3370. The van der Waals surface area contributed by atoms with Crippen molar-refractivity contribution < 1.29 is 27.0 Å². The molecular formula is C48H53ClN12O6S2. The van der Waals surface area contributed by atoms with Gasteiger partial charge in [0.1, 0.15) is 22.3 Å². The number of aromatic nitrogens is 10. The second kappa shape index (κ2) is 18.8. The van der Waals surface area contributed by atoms with E-state index in [1.54, 1.807) is 36.7 Å². The van der Waals surface area contributed by atoms with Crippen LogP contribution in [0.25, 0.3) is 43.9 Å². The number of anilines is 3. The number of fused-ring (bicyclic) bond motifs is 6. The van der Waals surface area contributed by atoms with Gasteiger partial charge in [-0.1, -0.05) is 49.4 Å². The predicted octanol–water partition coefficient (Wildman–Crippen LogP) is 7.44. The van der Waals surface area contributed by atoms with E-state index in [9.17, 15) is 27.0 Å². The van der Waals surface area contributed by atoms with Gasteiger partial charge in [-0.05, 0) is 75.6 Å². The highest BCUT2D eigenvalue weighted by molar-refractivity contribution is 7.91. The van der Waals surface area contributed by atoms with Crippen molar-refractivity contribution in [3.8, 4) is 0 Å². The van der Waals surface area contributed by atoms with Crippen molar-refractivity contribution in [2.75, 3.05) is 34.1 Å². The van der Waals surface area contributed by atoms with Gasteiger partial charge in [-0.3, -0.25) is 9.97 Å². The quantitative estimate of drug-likeness (QED) is 0.118. The highest BCUT2D eigenvalue weighted by Crippen LogP contribution is 2.40. The van der Waals surface area contributed by atoms with E-state index in [4.69, 9.17) is 22.3 Å². The summed E-state index contributed by atoms with van der Waals surface area (Å²) in [6, 6.07) is 11.8. The molecule has 2 aliphatic heterocycles. The molecule has 0 spiro atoms. The molecule has 2 aliphatic carbocycles. The number of nitrogens with two attached hydrogens (primary N) is 1. The number of hydrogen-bond donors (Lipinski definition) is 4. The van der Waals surface area contributed by atoms with Gasteiger partial charge in [0.25, 0.3) is 0 Å². The standard InChI is InChI=1S/C24H26N6O3S.C14H15N5.C10H12ClNO3S/c31-24(8-11-34(32,33)12-9-24)16-5-6-21(26-13-16)28-23-27-14-19-18-7-10-25-15-20(18)30(22(19)29-23)17-3-1-2-4-17;15-14-17-7-11-10-5-6-16-8-12(10)19(13(11)18-14)9-3-1-2-4-9;11-9-2-1-8(7-12-9)10(13)3-5-16(14,15)6-4-10/h5-7,10,13-15,17,31H,1-4,8-9,11-12H2,(H,26,27,28,29);5-9H,1-4H2,(H2,15,17,18);1-2,7,13H,3-6H2. The molecule has 2 saturated carbocycles. The molecule has 18 nitrogen and oxygen atoms in total. The van der Waals surface area contributed by atoms with Gasteiger partial charge in [0.05, 0.1) is 57.6 Å². The van der Waals surface area contributed by atoms with Crippen LogP contribution < -0.4 is 11.1 Å². The second-order valence-electron chi connectivity index (χ2n) is 18.6. The molecule has 21 heteroatoms. The first-order chi connectivity index (χ1) is 33.2. The van der Waals surface area contributed by atoms with E-state index < -0.39 is 30.9 Å². The molecule has 0 radical (unpaired) electrons. The van der Waals surface area contributed by atoms with Crippen LogP contribution in [0.15, 0.2) is 86.0 Å². The van der Waals surface area contributed by atoms with Gasteiger partial charge in [-0.25, -0.2) is 36.8 Å². The van der Waals surface area contributed by atoms with Crippen molar-refractivity contribution in [2.24, 2.45) is 0 Å². The number of halogens is 1. The number of nitrogen functional groups attached to an aromatic ring is 1. The van der Waals surface area contributed by atoms with Gasteiger partial charge < -0.3 is 30.4 Å². The second-order valence-corrected chi connectivity index (χ2v) is 23.6. The Morgan fingerprint density at radius 2 is 1.06 bits per heavy atom. The molecular weight excluding hydrogens is 940 g/mol. The largest absolute Gasteiger partial charge is 0.385 e. The Balaban J connectivity index is 0.000000133. The van der Waals surface area contributed by atoms with E-state index in [-0.39, 0.29) is 48.7 Å². The monoisotopic (exact) mass is 992 g/mol. The first-order valence-corrected chi connectivity index (χ1v) is 27.4. The minimum absolute atomic E-state index is 0.0120. The molecule has 4 aliphatic rings. The van der Waals surface area contributed by atoms with Crippen LogP contribution in [0, 0.1) is 0 Å². The summed E-state index contributed by atoms with van der Waals surface area (Å²) in [5.74, 6) is 1.36. The Kier molecular flexibility index (Phi) is 12.7. The van der Waals surface area contributed by atoms with Crippen molar-refractivity contribution in [2.45, 2.75) is 100 Å². The molecule has 4 fully saturated rings. The van der Waals surface area contributed by atoms with Gasteiger partial charge >= 0.3 is 0 Å². The van der Waals surface area contributed by atoms with Crippen LogP contribution in [-0.4, -0.2) is 99.1 Å². The summed E-state index contributed by atoms with van der Waals surface area (Å²) >= 11 is 5.65. The lowest BCUT2D eigenvalue weighted by Crippen LogP contribution is -2.36. The smallest absolute Gasteiger partial charge is 0.230 e. The van der Waals surface area contributed by atoms with Crippen molar-refractivity contribution >= 4 is 92.9 Å². The van der Waals surface area contributed by atoms with Crippen LogP contribution >= 0.6 is 11.6 Å². The first kappa shape index (κ1) is 46.8. The molecule has 2 saturated heterocycles. The molecule has 69 heavy (non-hydrogen) atoms. The number of pyridine rings is 4. The lowest BCUT2D eigenvalue weighted by Gasteiger charge is -2.32. The zero-order chi connectivity index (χ0) is 48.0. The van der Waals surface area contributed by atoms with Crippen molar-refractivity contribution in [1.29, 1.82) is 0 Å². The Labute approximate surface area is 403 Å². The Morgan fingerprint density at radius 1 is 0.580 bits per heavy atom. The van der Waals surface area contributed by atoms with Crippen LogP contribution in [-0.2, 0) is 30.9 Å². The normalized spacial score (nSPS) is 19.8. The van der Waals surface area contributed by atoms with Gasteiger partial charge in [0.2, 0.25) is 11.9 Å². The molecule has 12 rings (SSSR count). The number of nitrogens with one attached hydrogen (secondary N) is 1. The van der Waals surface area contributed by atoms with E-state index in [2.05, 4.69) is 49.3 Å². The molecule has 0 bridgehead atoms. The number of nitrogens with zero attached hydrogens (tertiary/aromatic N) is 10. The lowest BCUT2D eigenvalue weighted by atomic mass is 9.89. The maximum atomic E-state index is 11.7. The molecule has 8 aromatic heterocycles. The molecule has 360 valence electrons. The molecule has 8 aromatic rings. The fraction of sp³-hybridized carbons (Fsp3) is 0.417. The number of hydrogen-bond acceptors (Lipinski definition) is 16. The summed E-state index contributed by atoms with van der Waals surface area (Å²) in [7, 11) is -6.04. The molecule has 0 atom stereocenters. The fourth-order valence-corrected chi connectivity index (χ4v) is 13.4. The third-order valence-electron chi connectivity index (χ3n) is 14.2. The summed E-state index contributed by atoms with van der Waals surface area (Å²) in [4.78, 5) is 34.9. The molecule has 0 aromatic carbocycles. The van der Waals surface area contributed by atoms with Crippen LogP contribution in [0.2, 0.25) is 5.15 Å². The van der Waals surface area contributed by atoms with Gasteiger partial charge in [-0.15, -0.1) is 0 Å². The number of sulfone groups is 2. The summed E-state index contributed by atoms with van der Waals surface area (Å²) in [5.41, 5.74) is 8.84. The van der Waals surface area contributed by atoms with Crippen LogP contribution in [0.3, 0.4) is 0 Å². The van der Waals surface area contributed by atoms with Crippen LogP contribution in [0.5, 0.6) is 0 Å². The lowest BCUT2D eigenvalue weighted by molar-refractivity contribution is 0.0257. The third-order valence-corrected chi connectivity index (χ3v) is 17.7. The summed E-state index contributed by atoms with van der Waals surface area (Å²) in [6.07, 6.45) is 24.7. The van der Waals surface area contributed by atoms with Gasteiger partial charge in [-0.2, -0.15) is 9.97 Å².